The van der Waals surface area contributed by atoms with Gasteiger partial charge in [0, 0.05) is 4.47 Å². The van der Waals surface area contributed by atoms with Gasteiger partial charge in [0.1, 0.15) is 0 Å². The standard InChI is InChI=1S/C12H15BrO2/c1-7(2)11(12(14)15)9-5-4-8(3)10(13)6-9/h4-7,11H,1-3H3,(H,14,15). The third-order valence-corrected chi connectivity index (χ3v) is 3.34. The Bertz CT molecular complexity index is 372. The summed E-state index contributed by atoms with van der Waals surface area (Å²) in [5.41, 5.74) is 1.97. The van der Waals surface area contributed by atoms with Gasteiger partial charge in [0.05, 0.1) is 5.92 Å². The molecule has 1 unspecified atom stereocenters. The van der Waals surface area contributed by atoms with Gasteiger partial charge in [-0.05, 0) is 30.0 Å². The third kappa shape index (κ3) is 2.81. The Kier molecular flexibility index (Phi) is 3.91. The van der Waals surface area contributed by atoms with Crippen molar-refractivity contribution in [3.8, 4) is 0 Å². The van der Waals surface area contributed by atoms with Crippen LogP contribution < -0.4 is 0 Å². The number of hydrogen-bond acceptors (Lipinski definition) is 1. The molecule has 0 heterocycles. The van der Waals surface area contributed by atoms with E-state index >= 15 is 0 Å². The highest BCUT2D eigenvalue weighted by Crippen LogP contribution is 2.28. The van der Waals surface area contributed by atoms with Crippen LogP contribution in [0.5, 0.6) is 0 Å². The zero-order chi connectivity index (χ0) is 11.6. The van der Waals surface area contributed by atoms with E-state index in [1.165, 1.54) is 0 Å². The first kappa shape index (κ1) is 12.2. The van der Waals surface area contributed by atoms with Crippen LogP contribution in [0.3, 0.4) is 0 Å². The van der Waals surface area contributed by atoms with Crippen molar-refractivity contribution in [2.45, 2.75) is 26.7 Å². The van der Waals surface area contributed by atoms with Gasteiger partial charge in [0.2, 0.25) is 0 Å². The molecule has 0 bridgehead atoms. The molecule has 0 aliphatic rings. The van der Waals surface area contributed by atoms with Crippen LogP contribution in [-0.2, 0) is 4.79 Å². The molecule has 0 radical (unpaired) electrons. The van der Waals surface area contributed by atoms with Gasteiger partial charge in [-0.3, -0.25) is 4.79 Å². The number of halogens is 1. The Labute approximate surface area is 98.4 Å². The Morgan fingerprint density at radius 2 is 2.00 bits per heavy atom. The second kappa shape index (κ2) is 4.79. The fourth-order valence-corrected chi connectivity index (χ4v) is 2.01. The largest absolute Gasteiger partial charge is 0.481 e. The zero-order valence-electron chi connectivity index (χ0n) is 9.12. The quantitative estimate of drug-likeness (QED) is 0.912. The Balaban J connectivity index is 3.12. The predicted molar refractivity (Wildman–Crippen MR) is 64.1 cm³/mol. The summed E-state index contributed by atoms with van der Waals surface area (Å²) in [6.07, 6.45) is 0. The first-order chi connectivity index (χ1) is 6.93. The molecular weight excluding hydrogens is 256 g/mol. The molecule has 15 heavy (non-hydrogen) atoms. The zero-order valence-corrected chi connectivity index (χ0v) is 10.7. The molecule has 0 aromatic heterocycles. The summed E-state index contributed by atoms with van der Waals surface area (Å²) in [6.45, 7) is 5.83. The number of aryl methyl sites for hydroxylation is 1. The van der Waals surface area contributed by atoms with Crippen molar-refractivity contribution in [2.75, 3.05) is 0 Å². The monoisotopic (exact) mass is 270 g/mol. The molecule has 0 saturated heterocycles. The minimum atomic E-state index is -0.763. The van der Waals surface area contributed by atoms with Gasteiger partial charge >= 0.3 is 5.97 Å². The predicted octanol–water partition coefficient (Wildman–Crippen LogP) is 3.58. The van der Waals surface area contributed by atoms with Crippen molar-refractivity contribution in [2.24, 2.45) is 5.92 Å². The molecule has 0 aliphatic heterocycles. The highest BCUT2D eigenvalue weighted by atomic mass is 79.9. The molecule has 2 nitrogen and oxygen atoms in total. The average Bonchev–Trinajstić information content (AvgIpc) is 2.10. The Morgan fingerprint density at radius 1 is 1.40 bits per heavy atom. The van der Waals surface area contributed by atoms with E-state index in [1.54, 1.807) is 0 Å². The third-order valence-electron chi connectivity index (χ3n) is 2.49. The Hall–Kier alpha value is -0.830. The summed E-state index contributed by atoms with van der Waals surface area (Å²) in [7, 11) is 0. The van der Waals surface area contributed by atoms with Crippen LogP contribution in [0, 0.1) is 12.8 Å². The van der Waals surface area contributed by atoms with Crippen LogP contribution in [0.15, 0.2) is 22.7 Å². The second-order valence-electron chi connectivity index (χ2n) is 4.07. The van der Waals surface area contributed by atoms with E-state index in [9.17, 15) is 4.79 Å². The lowest BCUT2D eigenvalue weighted by Crippen LogP contribution is -2.17. The fourth-order valence-electron chi connectivity index (χ4n) is 1.62. The normalized spacial score (nSPS) is 12.9. The number of carboxylic acid groups (broad SMARTS) is 1. The summed E-state index contributed by atoms with van der Waals surface area (Å²) in [4.78, 5) is 11.1. The van der Waals surface area contributed by atoms with E-state index in [2.05, 4.69) is 15.9 Å². The summed E-state index contributed by atoms with van der Waals surface area (Å²) < 4.78 is 0.965. The minimum Gasteiger partial charge on any atom is -0.481 e. The van der Waals surface area contributed by atoms with Gasteiger partial charge in [-0.2, -0.15) is 0 Å². The number of carbonyl (C=O) groups is 1. The highest BCUT2D eigenvalue weighted by Gasteiger charge is 2.23. The number of aliphatic carboxylic acids is 1. The smallest absolute Gasteiger partial charge is 0.311 e. The van der Waals surface area contributed by atoms with Crippen molar-refractivity contribution in [1.29, 1.82) is 0 Å². The number of rotatable bonds is 3. The van der Waals surface area contributed by atoms with Gasteiger partial charge in [-0.1, -0.05) is 41.9 Å². The summed E-state index contributed by atoms with van der Waals surface area (Å²) in [5.74, 6) is -1.10. The minimum absolute atomic E-state index is 0.0945. The molecule has 1 atom stereocenters. The van der Waals surface area contributed by atoms with Crippen LogP contribution in [0.4, 0.5) is 0 Å². The summed E-state index contributed by atoms with van der Waals surface area (Å²) in [5, 5.41) is 9.14. The van der Waals surface area contributed by atoms with E-state index < -0.39 is 11.9 Å². The molecule has 1 aromatic rings. The highest BCUT2D eigenvalue weighted by molar-refractivity contribution is 9.10. The van der Waals surface area contributed by atoms with Crippen LogP contribution in [-0.4, -0.2) is 11.1 Å². The number of carboxylic acids is 1. The molecule has 0 aliphatic carbocycles. The summed E-state index contributed by atoms with van der Waals surface area (Å²) in [6, 6.07) is 5.73. The van der Waals surface area contributed by atoms with E-state index in [4.69, 9.17) is 5.11 Å². The molecule has 1 N–H and O–H groups in total. The van der Waals surface area contributed by atoms with Crippen molar-refractivity contribution >= 4 is 21.9 Å². The molecule has 0 spiro atoms. The van der Waals surface area contributed by atoms with E-state index in [1.807, 2.05) is 39.0 Å². The SMILES string of the molecule is Cc1ccc(C(C(=O)O)C(C)C)cc1Br. The number of benzene rings is 1. The molecule has 0 amide bonds. The van der Waals surface area contributed by atoms with Crippen molar-refractivity contribution in [3.63, 3.8) is 0 Å². The topological polar surface area (TPSA) is 37.3 Å². The van der Waals surface area contributed by atoms with Crippen molar-refractivity contribution < 1.29 is 9.90 Å². The molecule has 3 heteroatoms. The van der Waals surface area contributed by atoms with Crippen LogP contribution >= 0.6 is 15.9 Å². The molecule has 1 aromatic carbocycles. The van der Waals surface area contributed by atoms with Gasteiger partial charge in [0.15, 0.2) is 0 Å². The molecule has 82 valence electrons. The van der Waals surface area contributed by atoms with E-state index in [0.29, 0.717) is 0 Å². The number of hydrogen-bond donors (Lipinski definition) is 1. The molecule has 0 fully saturated rings. The first-order valence-electron chi connectivity index (χ1n) is 4.92. The van der Waals surface area contributed by atoms with Gasteiger partial charge in [-0.25, -0.2) is 0 Å². The van der Waals surface area contributed by atoms with Gasteiger partial charge < -0.3 is 5.11 Å². The fraction of sp³-hybridized carbons (Fsp3) is 0.417. The van der Waals surface area contributed by atoms with Gasteiger partial charge in [-0.15, -0.1) is 0 Å². The van der Waals surface area contributed by atoms with Crippen LogP contribution in [0.1, 0.15) is 30.9 Å². The lowest BCUT2D eigenvalue weighted by molar-refractivity contribution is -0.139. The van der Waals surface area contributed by atoms with E-state index in [0.717, 1.165) is 15.6 Å². The van der Waals surface area contributed by atoms with Crippen LogP contribution in [0.2, 0.25) is 0 Å². The molecule has 0 saturated carbocycles. The maximum absolute atomic E-state index is 11.1. The van der Waals surface area contributed by atoms with Crippen molar-refractivity contribution in [3.05, 3.63) is 33.8 Å². The lowest BCUT2D eigenvalue weighted by atomic mass is 9.88. The van der Waals surface area contributed by atoms with E-state index in [-0.39, 0.29) is 5.92 Å². The summed E-state index contributed by atoms with van der Waals surface area (Å²) >= 11 is 3.42. The lowest BCUT2D eigenvalue weighted by Gasteiger charge is -2.17. The molecular formula is C12H15BrO2. The maximum atomic E-state index is 11.1. The first-order valence-corrected chi connectivity index (χ1v) is 5.71. The van der Waals surface area contributed by atoms with Gasteiger partial charge in [0.25, 0.3) is 0 Å². The molecule has 1 rings (SSSR count). The van der Waals surface area contributed by atoms with Crippen molar-refractivity contribution in [1.82, 2.24) is 0 Å². The Morgan fingerprint density at radius 3 is 2.40 bits per heavy atom. The van der Waals surface area contributed by atoms with Crippen LogP contribution in [0.25, 0.3) is 0 Å². The second-order valence-corrected chi connectivity index (χ2v) is 4.92. The maximum Gasteiger partial charge on any atom is 0.311 e. The average molecular weight is 271 g/mol.